The minimum absolute atomic E-state index is 0.0389. The van der Waals surface area contributed by atoms with Gasteiger partial charge in [0.1, 0.15) is 0 Å². The van der Waals surface area contributed by atoms with Gasteiger partial charge in [-0.2, -0.15) is 0 Å². The number of amides is 1. The Morgan fingerprint density at radius 1 is 1.22 bits per heavy atom. The van der Waals surface area contributed by atoms with Crippen molar-refractivity contribution >= 4 is 28.1 Å². The summed E-state index contributed by atoms with van der Waals surface area (Å²) in [7, 11) is 0. The molecule has 27 heavy (non-hydrogen) atoms. The highest BCUT2D eigenvalue weighted by atomic mass is 32.1. The predicted molar refractivity (Wildman–Crippen MR) is 109 cm³/mol. The quantitative estimate of drug-likeness (QED) is 0.731. The summed E-state index contributed by atoms with van der Waals surface area (Å²) in [6.45, 7) is 3.71. The topological polar surface area (TPSA) is 63.1 Å². The molecule has 7 heteroatoms. The van der Waals surface area contributed by atoms with Gasteiger partial charge in [-0.1, -0.05) is 30.4 Å². The lowest BCUT2D eigenvalue weighted by Crippen LogP contribution is -2.40. The number of rotatable bonds is 5. The minimum Gasteiger partial charge on any atom is -0.346 e. The van der Waals surface area contributed by atoms with Gasteiger partial charge in [-0.25, -0.2) is 0 Å². The number of aryl methyl sites for hydroxylation is 1. The summed E-state index contributed by atoms with van der Waals surface area (Å²) >= 11 is 1.55. The first-order chi connectivity index (χ1) is 13.2. The number of nitrogens with one attached hydrogen (secondary N) is 1. The van der Waals surface area contributed by atoms with Crippen LogP contribution < -0.4 is 10.2 Å². The van der Waals surface area contributed by atoms with Gasteiger partial charge in [0.05, 0.1) is 5.92 Å². The smallest absolute Gasteiger partial charge is 0.229 e. The molecule has 1 amide bonds. The maximum atomic E-state index is 12.8. The van der Waals surface area contributed by atoms with Crippen LogP contribution in [0.25, 0.3) is 5.13 Å². The first-order valence-electron chi connectivity index (χ1n) is 9.34. The Morgan fingerprint density at radius 3 is 2.85 bits per heavy atom. The van der Waals surface area contributed by atoms with Crippen LogP contribution in [-0.4, -0.2) is 33.8 Å². The third-order valence-corrected chi connectivity index (χ3v) is 5.89. The van der Waals surface area contributed by atoms with Crippen molar-refractivity contribution in [2.24, 2.45) is 5.92 Å². The SMILES string of the molecule is CCc1cccc(NC(=O)[C@@H]2CCCN(c3nnc(-n4cccc4)s3)C2)c1. The first-order valence-corrected chi connectivity index (χ1v) is 10.2. The van der Waals surface area contributed by atoms with E-state index in [0.29, 0.717) is 6.54 Å². The molecule has 1 fully saturated rings. The second kappa shape index (κ2) is 7.92. The summed E-state index contributed by atoms with van der Waals surface area (Å²) in [6, 6.07) is 12.0. The second-order valence-electron chi connectivity index (χ2n) is 6.79. The van der Waals surface area contributed by atoms with E-state index in [-0.39, 0.29) is 11.8 Å². The number of anilines is 2. The highest BCUT2D eigenvalue weighted by Crippen LogP contribution is 2.28. The highest BCUT2D eigenvalue weighted by molar-refractivity contribution is 7.17. The van der Waals surface area contributed by atoms with Gasteiger partial charge in [-0.3, -0.25) is 9.36 Å². The zero-order valence-corrected chi connectivity index (χ0v) is 16.2. The molecular formula is C20H23N5OS. The first kappa shape index (κ1) is 17.7. The molecule has 3 heterocycles. The minimum atomic E-state index is -0.0389. The van der Waals surface area contributed by atoms with Gasteiger partial charge in [0.2, 0.25) is 16.2 Å². The molecule has 4 rings (SSSR count). The van der Waals surface area contributed by atoms with Crippen LogP contribution in [0.4, 0.5) is 10.8 Å². The van der Waals surface area contributed by atoms with Gasteiger partial charge in [0.15, 0.2) is 0 Å². The summed E-state index contributed by atoms with van der Waals surface area (Å²) in [5, 5.41) is 13.4. The zero-order chi connectivity index (χ0) is 18.6. The number of benzene rings is 1. The van der Waals surface area contributed by atoms with Crippen molar-refractivity contribution < 1.29 is 4.79 Å². The third-order valence-electron chi connectivity index (χ3n) is 4.89. The van der Waals surface area contributed by atoms with E-state index in [4.69, 9.17) is 0 Å². The number of nitrogens with zero attached hydrogens (tertiary/aromatic N) is 4. The molecule has 0 aliphatic carbocycles. The molecule has 0 bridgehead atoms. The highest BCUT2D eigenvalue weighted by Gasteiger charge is 2.28. The van der Waals surface area contributed by atoms with Crippen molar-refractivity contribution in [3.8, 4) is 5.13 Å². The lowest BCUT2D eigenvalue weighted by atomic mass is 9.97. The fourth-order valence-electron chi connectivity index (χ4n) is 3.38. The monoisotopic (exact) mass is 381 g/mol. The largest absolute Gasteiger partial charge is 0.346 e. The van der Waals surface area contributed by atoms with E-state index in [1.54, 1.807) is 11.3 Å². The van der Waals surface area contributed by atoms with Gasteiger partial charge in [-0.15, -0.1) is 10.2 Å². The average Bonchev–Trinajstić information content (AvgIpc) is 3.40. The van der Waals surface area contributed by atoms with Crippen molar-refractivity contribution in [3.05, 3.63) is 54.4 Å². The summed E-state index contributed by atoms with van der Waals surface area (Å²) in [4.78, 5) is 14.9. The summed E-state index contributed by atoms with van der Waals surface area (Å²) < 4.78 is 1.95. The van der Waals surface area contributed by atoms with Gasteiger partial charge >= 0.3 is 0 Å². The lowest BCUT2D eigenvalue weighted by molar-refractivity contribution is -0.120. The van der Waals surface area contributed by atoms with E-state index in [2.05, 4.69) is 33.4 Å². The molecule has 1 N–H and O–H groups in total. The Kier molecular flexibility index (Phi) is 5.20. The second-order valence-corrected chi connectivity index (χ2v) is 7.72. The molecule has 0 spiro atoms. The number of carbonyl (C=O) groups is 1. The summed E-state index contributed by atoms with van der Waals surface area (Å²) in [5.41, 5.74) is 2.10. The van der Waals surface area contributed by atoms with E-state index < -0.39 is 0 Å². The summed E-state index contributed by atoms with van der Waals surface area (Å²) in [6.07, 6.45) is 6.76. The van der Waals surface area contributed by atoms with Crippen LogP contribution in [0, 0.1) is 5.92 Å². The van der Waals surface area contributed by atoms with Crippen LogP contribution in [0.1, 0.15) is 25.3 Å². The van der Waals surface area contributed by atoms with Crippen molar-refractivity contribution in [2.75, 3.05) is 23.3 Å². The normalized spacial score (nSPS) is 17.1. The number of aromatic nitrogens is 3. The molecule has 1 aromatic carbocycles. The van der Waals surface area contributed by atoms with Crippen LogP contribution >= 0.6 is 11.3 Å². The van der Waals surface area contributed by atoms with Crippen molar-refractivity contribution in [1.29, 1.82) is 0 Å². The van der Waals surface area contributed by atoms with Crippen LogP contribution in [-0.2, 0) is 11.2 Å². The molecule has 0 saturated carbocycles. The summed E-state index contributed by atoms with van der Waals surface area (Å²) in [5.74, 6) is 0.0473. The van der Waals surface area contributed by atoms with Crippen LogP contribution in [0.3, 0.4) is 0 Å². The molecule has 3 aromatic rings. The van der Waals surface area contributed by atoms with Crippen molar-refractivity contribution in [1.82, 2.24) is 14.8 Å². The Labute approximate surface area is 162 Å². The fourth-order valence-corrected chi connectivity index (χ4v) is 4.23. The van der Waals surface area contributed by atoms with E-state index in [9.17, 15) is 4.79 Å². The Hall–Kier alpha value is -2.67. The Balaban J connectivity index is 1.42. The molecule has 1 aliphatic rings. The van der Waals surface area contributed by atoms with Crippen LogP contribution in [0.15, 0.2) is 48.8 Å². The number of hydrogen-bond acceptors (Lipinski definition) is 5. The number of hydrogen-bond donors (Lipinski definition) is 1. The maximum absolute atomic E-state index is 12.8. The predicted octanol–water partition coefficient (Wildman–Crippen LogP) is 3.75. The Morgan fingerprint density at radius 2 is 2.04 bits per heavy atom. The average molecular weight is 382 g/mol. The van der Waals surface area contributed by atoms with E-state index in [0.717, 1.165) is 41.8 Å². The molecular weight excluding hydrogens is 358 g/mol. The molecule has 6 nitrogen and oxygen atoms in total. The van der Waals surface area contributed by atoms with E-state index in [1.807, 2.05) is 47.3 Å². The molecule has 1 atom stereocenters. The third kappa shape index (κ3) is 4.03. The van der Waals surface area contributed by atoms with Crippen LogP contribution in [0.2, 0.25) is 0 Å². The lowest BCUT2D eigenvalue weighted by Gasteiger charge is -2.31. The van der Waals surface area contributed by atoms with E-state index in [1.165, 1.54) is 5.56 Å². The van der Waals surface area contributed by atoms with Gasteiger partial charge in [0, 0.05) is 31.2 Å². The number of carbonyl (C=O) groups excluding carboxylic acids is 1. The van der Waals surface area contributed by atoms with E-state index >= 15 is 0 Å². The van der Waals surface area contributed by atoms with Crippen LogP contribution in [0.5, 0.6) is 0 Å². The molecule has 0 unspecified atom stereocenters. The fraction of sp³-hybridized carbons (Fsp3) is 0.350. The number of piperidine rings is 1. The zero-order valence-electron chi connectivity index (χ0n) is 15.3. The van der Waals surface area contributed by atoms with Crippen molar-refractivity contribution in [3.63, 3.8) is 0 Å². The van der Waals surface area contributed by atoms with Gasteiger partial charge in [0.25, 0.3) is 0 Å². The van der Waals surface area contributed by atoms with Gasteiger partial charge in [-0.05, 0) is 49.1 Å². The van der Waals surface area contributed by atoms with Crippen molar-refractivity contribution in [2.45, 2.75) is 26.2 Å². The molecule has 140 valence electrons. The molecule has 1 aliphatic heterocycles. The molecule has 2 aromatic heterocycles. The molecule has 1 saturated heterocycles. The molecule has 0 radical (unpaired) electrons. The van der Waals surface area contributed by atoms with Gasteiger partial charge < -0.3 is 10.2 Å². The Bertz CT molecular complexity index is 905. The maximum Gasteiger partial charge on any atom is 0.229 e. The standard InChI is InChI=1S/C20H23N5OS/c1-2-15-7-5-9-17(13-15)21-18(26)16-8-6-12-25(14-16)20-23-22-19(27-20)24-10-3-4-11-24/h3-5,7,9-11,13,16H,2,6,8,12,14H2,1H3,(H,21,26)/t16-/m1/s1.